The van der Waals surface area contributed by atoms with Crippen molar-refractivity contribution in [2.45, 2.75) is 37.3 Å². The smallest absolute Gasteiger partial charge is 0.221 e. The van der Waals surface area contributed by atoms with E-state index in [2.05, 4.69) is 34.5 Å². The van der Waals surface area contributed by atoms with Crippen LogP contribution in [0, 0.1) is 0 Å². The fourth-order valence-corrected chi connectivity index (χ4v) is 4.13. The first-order chi connectivity index (χ1) is 11.3. The molecule has 2 aliphatic heterocycles. The molecule has 0 saturated carbocycles. The van der Waals surface area contributed by atoms with Gasteiger partial charge in [0, 0.05) is 31.0 Å². The quantitative estimate of drug-likeness (QED) is 0.948. The number of likely N-dealkylation sites (tertiary alicyclic amines) is 1. The van der Waals surface area contributed by atoms with E-state index in [1.165, 1.54) is 5.56 Å². The number of benzene rings is 1. The van der Waals surface area contributed by atoms with Gasteiger partial charge in [0.25, 0.3) is 0 Å². The summed E-state index contributed by atoms with van der Waals surface area (Å²) in [6, 6.07) is 14.4. The van der Waals surface area contributed by atoms with Gasteiger partial charge in [0.05, 0.1) is 12.8 Å². The Morgan fingerprint density at radius 3 is 2.61 bits per heavy atom. The summed E-state index contributed by atoms with van der Waals surface area (Å²) in [6.45, 7) is 2.83. The van der Waals surface area contributed by atoms with Gasteiger partial charge < -0.3 is 9.73 Å². The van der Waals surface area contributed by atoms with Gasteiger partial charge in [-0.05, 0) is 30.5 Å². The van der Waals surface area contributed by atoms with E-state index in [1.54, 1.807) is 6.26 Å². The van der Waals surface area contributed by atoms with Gasteiger partial charge >= 0.3 is 0 Å². The topological polar surface area (TPSA) is 45.5 Å². The zero-order valence-corrected chi connectivity index (χ0v) is 13.2. The molecule has 4 rings (SSSR count). The van der Waals surface area contributed by atoms with Crippen molar-refractivity contribution in [1.29, 1.82) is 0 Å². The molecule has 0 radical (unpaired) electrons. The van der Waals surface area contributed by atoms with Crippen LogP contribution in [0.1, 0.15) is 36.5 Å². The number of amides is 1. The van der Waals surface area contributed by atoms with Crippen molar-refractivity contribution in [1.82, 2.24) is 10.2 Å². The van der Waals surface area contributed by atoms with Crippen LogP contribution in [0.2, 0.25) is 0 Å². The maximum Gasteiger partial charge on any atom is 0.221 e. The fraction of sp³-hybridized carbons (Fsp3) is 0.421. The normalized spacial score (nSPS) is 24.0. The molecular weight excluding hydrogens is 288 g/mol. The van der Waals surface area contributed by atoms with E-state index in [0.717, 1.165) is 38.2 Å². The Bertz CT molecular complexity index is 658. The molecule has 2 aliphatic rings. The minimum atomic E-state index is -0.0713. The lowest BCUT2D eigenvalue weighted by Crippen LogP contribution is -2.53. The molecule has 0 unspecified atom stereocenters. The summed E-state index contributed by atoms with van der Waals surface area (Å²) in [6.07, 6.45) is 4.34. The Morgan fingerprint density at radius 1 is 1.13 bits per heavy atom. The van der Waals surface area contributed by atoms with Crippen LogP contribution in [0.15, 0.2) is 53.1 Å². The minimum absolute atomic E-state index is 0.0713. The third-order valence-corrected chi connectivity index (χ3v) is 5.35. The highest BCUT2D eigenvalue weighted by atomic mass is 16.3. The number of carbonyl (C=O) groups is 1. The lowest BCUT2D eigenvalue weighted by Gasteiger charge is -2.42. The Labute approximate surface area is 136 Å². The zero-order valence-electron chi connectivity index (χ0n) is 13.2. The number of piperidine rings is 1. The van der Waals surface area contributed by atoms with Crippen molar-refractivity contribution in [2.75, 3.05) is 13.1 Å². The maximum atomic E-state index is 12.1. The number of furan rings is 1. The van der Waals surface area contributed by atoms with Gasteiger partial charge in [0.1, 0.15) is 5.76 Å². The highest BCUT2D eigenvalue weighted by Crippen LogP contribution is 2.43. The summed E-state index contributed by atoms with van der Waals surface area (Å²) in [5, 5.41) is 3.31. The number of rotatable bonds is 3. The summed E-state index contributed by atoms with van der Waals surface area (Å²) in [7, 11) is 0. The highest BCUT2D eigenvalue weighted by Gasteiger charge is 2.48. The molecule has 1 atom stereocenters. The van der Waals surface area contributed by atoms with Crippen LogP contribution in [0.3, 0.4) is 0 Å². The number of hydrogen-bond donors (Lipinski definition) is 1. The maximum absolute atomic E-state index is 12.1. The van der Waals surface area contributed by atoms with Gasteiger partial charge in [-0.25, -0.2) is 0 Å². The molecule has 23 heavy (non-hydrogen) atoms. The average molecular weight is 310 g/mol. The lowest BCUT2D eigenvalue weighted by molar-refractivity contribution is -0.120. The van der Waals surface area contributed by atoms with Crippen molar-refractivity contribution in [2.24, 2.45) is 0 Å². The van der Waals surface area contributed by atoms with Crippen molar-refractivity contribution in [3.63, 3.8) is 0 Å². The Hall–Kier alpha value is -2.07. The van der Waals surface area contributed by atoms with E-state index < -0.39 is 0 Å². The third kappa shape index (κ3) is 2.79. The van der Waals surface area contributed by atoms with Crippen LogP contribution in [-0.2, 0) is 11.3 Å². The molecule has 1 spiro atoms. The first-order valence-corrected chi connectivity index (χ1v) is 8.36. The molecule has 1 aromatic heterocycles. The van der Waals surface area contributed by atoms with Crippen molar-refractivity contribution >= 4 is 5.91 Å². The number of nitrogens with zero attached hydrogens (tertiary/aromatic N) is 1. The van der Waals surface area contributed by atoms with Crippen molar-refractivity contribution < 1.29 is 9.21 Å². The minimum Gasteiger partial charge on any atom is -0.468 e. The number of hydrogen-bond acceptors (Lipinski definition) is 3. The van der Waals surface area contributed by atoms with Gasteiger partial charge in [-0.15, -0.1) is 0 Å². The molecule has 4 heteroatoms. The Morgan fingerprint density at radius 2 is 1.91 bits per heavy atom. The number of carbonyl (C=O) groups excluding carboxylic acids is 1. The van der Waals surface area contributed by atoms with Gasteiger partial charge in [-0.1, -0.05) is 30.3 Å². The second kappa shape index (κ2) is 5.85. The first kappa shape index (κ1) is 14.5. The summed E-state index contributed by atoms with van der Waals surface area (Å²) >= 11 is 0. The molecular formula is C19H22N2O2. The standard InChI is InChI=1S/C19H22N2O2/c22-18-13-17(15-5-2-1-3-6-15)19(20-18)8-10-21(11-9-19)14-16-7-4-12-23-16/h1-7,12,17H,8-11,13-14H2,(H,20,22)/t17-/m0/s1. The SMILES string of the molecule is O=C1C[C@@H](c2ccccc2)C2(CCN(Cc3ccco3)CC2)N1. The predicted octanol–water partition coefficient (Wildman–Crippen LogP) is 2.92. The summed E-state index contributed by atoms with van der Waals surface area (Å²) in [5.41, 5.74) is 1.21. The predicted molar refractivity (Wildman–Crippen MR) is 87.9 cm³/mol. The Kier molecular flexibility index (Phi) is 3.69. The van der Waals surface area contributed by atoms with E-state index in [0.29, 0.717) is 12.3 Å². The van der Waals surface area contributed by atoms with Crippen LogP contribution in [0.5, 0.6) is 0 Å². The fourth-order valence-electron chi connectivity index (χ4n) is 4.13. The molecule has 3 heterocycles. The van der Waals surface area contributed by atoms with Gasteiger partial charge in [-0.3, -0.25) is 9.69 Å². The average Bonchev–Trinajstić information content (AvgIpc) is 3.19. The molecule has 2 aromatic rings. The number of nitrogens with one attached hydrogen (secondary N) is 1. The van der Waals surface area contributed by atoms with Crippen LogP contribution >= 0.6 is 0 Å². The van der Waals surface area contributed by atoms with Crippen LogP contribution in [0.25, 0.3) is 0 Å². The molecule has 0 aliphatic carbocycles. The van der Waals surface area contributed by atoms with Crippen LogP contribution < -0.4 is 5.32 Å². The summed E-state index contributed by atoms with van der Waals surface area (Å²) < 4.78 is 5.45. The first-order valence-electron chi connectivity index (χ1n) is 8.36. The van der Waals surface area contributed by atoms with E-state index >= 15 is 0 Å². The summed E-state index contributed by atoms with van der Waals surface area (Å²) in [4.78, 5) is 14.5. The molecule has 4 nitrogen and oxygen atoms in total. The van der Waals surface area contributed by atoms with E-state index in [-0.39, 0.29) is 11.4 Å². The molecule has 1 aromatic carbocycles. The van der Waals surface area contributed by atoms with Gasteiger partial charge in [0.15, 0.2) is 0 Å². The lowest BCUT2D eigenvalue weighted by atomic mass is 9.74. The zero-order chi connectivity index (χ0) is 15.7. The van der Waals surface area contributed by atoms with Crippen LogP contribution in [0.4, 0.5) is 0 Å². The highest BCUT2D eigenvalue weighted by molar-refractivity contribution is 5.81. The monoisotopic (exact) mass is 310 g/mol. The second-order valence-electron chi connectivity index (χ2n) is 6.73. The molecule has 1 N–H and O–H groups in total. The van der Waals surface area contributed by atoms with Crippen molar-refractivity contribution in [3.05, 3.63) is 60.1 Å². The van der Waals surface area contributed by atoms with E-state index in [9.17, 15) is 4.79 Å². The molecule has 120 valence electrons. The van der Waals surface area contributed by atoms with Gasteiger partial charge in [-0.2, -0.15) is 0 Å². The van der Waals surface area contributed by atoms with E-state index in [4.69, 9.17) is 4.42 Å². The Balaban J connectivity index is 1.49. The van der Waals surface area contributed by atoms with Crippen molar-refractivity contribution in [3.8, 4) is 0 Å². The van der Waals surface area contributed by atoms with E-state index in [1.807, 2.05) is 18.2 Å². The van der Waals surface area contributed by atoms with Crippen LogP contribution in [-0.4, -0.2) is 29.4 Å². The summed E-state index contributed by atoms with van der Waals surface area (Å²) in [5.74, 6) is 1.50. The molecule has 0 bridgehead atoms. The van der Waals surface area contributed by atoms with Gasteiger partial charge in [0.2, 0.25) is 5.91 Å². The largest absolute Gasteiger partial charge is 0.468 e. The molecule has 1 amide bonds. The molecule has 2 fully saturated rings. The third-order valence-electron chi connectivity index (χ3n) is 5.35. The second-order valence-corrected chi connectivity index (χ2v) is 6.73. The molecule has 2 saturated heterocycles.